The van der Waals surface area contributed by atoms with Crippen molar-refractivity contribution < 1.29 is 22.7 Å². The number of amides is 2. The highest BCUT2D eigenvalue weighted by Crippen LogP contribution is 2.30. The van der Waals surface area contributed by atoms with Crippen LogP contribution in [0.5, 0.6) is 5.75 Å². The number of piperazine rings is 1. The van der Waals surface area contributed by atoms with Gasteiger partial charge in [-0.05, 0) is 48.9 Å². The molecular weight excluding hydrogens is 518 g/mol. The summed E-state index contributed by atoms with van der Waals surface area (Å²) in [7, 11) is -2.59. The SMILES string of the molecule is COc1cc(C(=O)N2CCN(C(=O)c3ccc(C)cn3)CC2)ccc1NS(=O)(=O)c1cccc2cccnc12. The molecule has 200 valence electrons. The number of rotatable bonds is 6. The molecule has 39 heavy (non-hydrogen) atoms. The van der Waals surface area contributed by atoms with Crippen LogP contribution in [0, 0.1) is 6.92 Å². The first kappa shape index (κ1) is 26.1. The molecule has 0 saturated carbocycles. The van der Waals surface area contributed by atoms with Crippen LogP contribution in [0.1, 0.15) is 26.4 Å². The molecule has 2 aromatic carbocycles. The highest BCUT2D eigenvalue weighted by Gasteiger charge is 2.27. The summed E-state index contributed by atoms with van der Waals surface area (Å²) >= 11 is 0. The van der Waals surface area contributed by atoms with Crippen LogP contribution in [0.2, 0.25) is 0 Å². The number of methoxy groups -OCH3 is 1. The Morgan fingerprint density at radius 1 is 0.897 bits per heavy atom. The van der Waals surface area contributed by atoms with E-state index >= 15 is 0 Å². The van der Waals surface area contributed by atoms with E-state index in [4.69, 9.17) is 4.74 Å². The maximum absolute atomic E-state index is 13.2. The second-order valence-corrected chi connectivity index (χ2v) is 10.8. The third kappa shape index (κ3) is 5.39. The van der Waals surface area contributed by atoms with Crippen LogP contribution in [-0.4, -0.2) is 73.3 Å². The summed E-state index contributed by atoms with van der Waals surface area (Å²) < 4.78 is 34.5. The molecule has 0 unspecified atom stereocenters. The fourth-order valence-corrected chi connectivity index (χ4v) is 5.70. The van der Waals surface area contributed by atoms with Crippen LogP contribution >= 0.6 is 0 Å². The van der Waals surface area contributed by atoms with Gasteiger partial charge in [-0.1, -0.05) is 24.3 Å². The lowest BCUT2D eigenvalue weighted by Gasteiger charge is -2.34. The Bertz CT molecular complexity index is 1640. The predicted octanol–water partition coefficient (Wildman–Crippen LogP) is 3.35. The van der Waals surface area contributed by atoms with E-state index in [-0.39, 0.29) is 28.1 Å². The zero-order chi connectivity index (χ0) is 27.6. The van der Waals surface area contributed by atoms with Gasteiger partial charge in [0.1, 0.15) is 16.3 Å². The van der Waals surface area contributed by atoms with Crippen molar-refractivity contribution in [3.8, 4) is 5.75 Å². The molecule has 1 aliphatic heterocycles. The highest BCUT2D eigenvalue weighted by molar-refractivity contribution is 7.93. The average Bonchev–Trinajstić information content (AvgIpc) is 2.96. The molecule has 1 N–H and O–H groups in total. The largest absolute Gasteiger partial charge is 0.495 e. The van der Waals surface area contributed by atoms with E-state index in [1.807, 2.05) is 13.0 Å². The van der Waals surface area contributed by atoms with Gasteiger partial charge >= 0.3 is 0 Å². The summed E-state index contributed by atoms with van der Waals surface area (Å²) in [5.74, 6) is -0.194. The van der Waals surface area contributed by atoms with Gasteiger partial charge in [0.15, 0.2) is 0 Å². The second kappa shape index (κ2) is 10.7. The van der Waals surface area contributed by atoms with E-state index in [0.717, 1.165) is 5.56 Å². The Labute approximate surface area is 226 Å². The third-order valence-corrected chi connectivity index (χ3v) is 7.96. The predicted molar refractivity (Wildman–Crippen MR) is 146 cm³/mol. The number of nitrogens with zero attached hydrogens (tertiary/aromatic N) is 4. The van der Waals surface area contributed by atoms with Crippen molar-refractivity contribution in [2.24, 2.45) is 0 Å². The number of benzene rings is 2. The number of fused-ring (bicyclic) bond motifs is 1. The van der Waals surface area contributed by atoms with E-state index in [1.54, 1.807) is 52.4 Å². The topological polar surface area (TPSA) is 122 Å². The zero-order valence-electron chi connectivity index (χ0n) is 21.5. The molecule has 4 aromatic rings. The second-order valence-electron chi connectivity index (χ2n) is 9.16. The van der Waals surface area contributed by atoms with Gasteiger partial charge in [-0.2, -0.15) is 0 Å². The molecule has 2 amide bonds. The maximum atomic E-state index is 13.2. The number of aryl methyl sites for hydroxylation is 1. The van der Waals surface area contributed by atoms with Crippen molar-refractivity contribution in [2.45, 2.75) is 11.8 Å². The van der Waals surface area contributed by atoms with Crippen LogP contribution in [-0.2, 0) is 10.0 Å². The number of sulfonamides is 1. The fourth-order valence-electron chi connectivity index (χ4n) is 4.45. The van der Waals surface area contributed by atoms with Crippen LogP contribution in [0.3, 0.4) is 0 Å². The Hall–Kier alpha value is -4.51. The Morgan fingerprint density at radius 3 is 2.31 bits per heavy atom. The van der Waals surface area contributed by atoms with Crippen molar-refractivity contribution in [1.29, 1.82) is 0 Å². The monoisotopic (exact) mass is 545 g/mol. The Morgan fingerprint density at radius 2 is 1.62 bits per heavy atom. The summed E-state index contributed by atoms with van der Waals surface area (Å²) in [6.07, 6.45) is 3.19. The smallest absolute Gasteiger partial charge is 0.272 e. The Kier molecular flexibility index (Phi) is 7.16. The molecular formula is C28H27N5O5S. The van der Waals surface area contributed by atoms with E-state index in [9.17, 15) is 18.0 Å². The Balaban J connectivity index is 1.29. The van der Waals surface area contributed by atoms with Crippen LogP contribution < -0.4 is 9.46 Å². The lowest BCUT2D eigenvalue weighted by atomic mass is 10.1. The van der Waals surface area contributed by atoms with E-state index in [2.05, 4.69) is 14.7 Å². The summed E-state index contributed by atoms with van der Waals surface area (Å²) in [5.41, 5.74) is 2.25. The molecule has 11 heteroatoms. The molecule has 0 radical (unpaired) electrons. The number of ether oxygens (including phenoxy) is 1. The highest BCUT2D eigenvalue weighted by atomic mass is 32.2. The van der Waals surface area contributed by atoms with Gasteiger partial charge in [0.05, 0.1) is 18.3 Å². The van der Waals surface area contributed by atoms with E-state index in [0.29, 0.717) is 48.3 Å². The van der Waals surface area contributed by atoms with Gasteiger partial charge in [0.25, 0.3) is 21.8 Å². The number of nitrogens with one attached hydrogen (secondary N) is 1. The molecule has 1 aliphatic rings. The summed E-state index contributed by atoms with van der Waals surface area (Å²) in [6.45, 7) is 3.40. The molecule has 5 rings (SSSR count). The third-order valence-electron chi connectivity index (χ3n) is 6.56. The molecule has 10 nitrogen and oxygen atoms in total. The lowest BCUT2D eigenvalue weighted by Crippen LogP contribution is -2.50. The normalized spacial score (nSPS) is 13.8. The van der Waals surface area contributed by atoms with Gasteiger partial charge < -0.3 is 14.5 Å². The summed E-state index contributed by atoms with van der Waals surface area (Å²) in [5, 5.41) is 0.699. The molecule has 0 aliphatic carbocycles. The molecule has 0 spiro atoms. The molecule has 2 aromatic heterocycles. The van der Waals surface area contributed by atoms with Gasteiger partial charge in [-0.3, -0.25) is 24.3 Å². The molecule has 0 bridgehead atoms. The van der Waals surface area contributed by atoms with Crippen molar-refractivity contribution >= 4 is 38.4 Å². The number of pyridine rings is 2. The van der Waals surface area contributed by atoms with Gasteiger partial charge in [0, 0.05) is 49.5 Å². The minimum absolute atomic E-state index is 0.0380. The first-order valence-electron chi connectivity index (χ1n) is 12.3. The molecule has 3 heterocycles. The number of para-hydroxylation sites is 1. The molecule has 0 atom stereocenters. The number of hydrogen-bond acceptors (Lipinski definition) is 7. The van der Waals surface area contributed by atoms with E-state index < -0.39 is 10.0 Å². The summed E-state index contributed by atoms with van der Waals surface area (Å²) in [6, 6.07) is 16.6. The maximum Gasteiger partial charge on any atom is 0.272 e. The fraction of sp³-hybridized carbons (Fsp3) is 0.214. The van der Waals surface area contributed by atoms with Crippen molar-refractivity contribution in [3.63, 3.8) is 0 Å². The van der Waals surface area contributed by atoms with Crippen molar-refractivity contribution in [3.05, 3.63) is 89.9 Å². The standard InChI is InChI=1S/C28H27N5O5S/c1-19-8-10-23(30-18-19)28(35)33-15-13-32(14-16-33)27(34)21-9-11-22(24(17-21)38-2)31-39(36,37)25-7-3-5-20-6-4-12-29-26(20)25/h3-12,17-18,31H,13-16H2,1-2H3. The number of carbonyl (C=O) groups excluding carboxylic acids is 2. The zero-order valence-corrected chi connectivity index (χ0v) is 22.3. The van der Waals surface area contributed by atoms with Crippen molar-refractivity contribution in [1.82, 2.24) is 19.8 Å². The van der Waals surface area contributed by atoms with Gasteiger partial charge in [-0.15, -0.1) is 0 Å². The molecule has 1 fully saturated rings. The van der Waals surface area contributed by atoms with Gasteiger partial charge in [0.2, 0.25) is 0 Å². The number of hydrogen-bond donors (Lipinski definition) is 1. The van der Waals surface area contributed by atoms with Gasteiger partial charge in [-0.25, -0.2) is 8.42 Å². The lowest BCUT2D eigenvalue weighted by molar-refractivity contribution is 0.0532. The number of aromatic nitrogens is 2. The number of carbonyl (C=O) groups is 2. The van der Waals surface area contributed by atoms with Crippen LogP contribution in [0.4, 0.5) is 5.69 Å². The van der Waals surface area contributed by atoms with Crippen molar-refractivity contribution in [2.75, 3.05) is 38.0 Å². The number of anilines is 1. The van der Waals surface area contributed by atoms with E-state index in [1.165, 1.54) is 31.5 Å². The minimum atomic E-state index is -4.00. The average molecular weight is 546 g/mol. The van der Waals surface area contributed by atoms with Crippen LogP contribution in [0.25, 0.3) is 10.9 Å². The van der Waals surface area contributed by atoms with Crippen LogP contribution in [0.15, 0.2) is 78.0 Å². The first-order chi connectivity index (χ1) is 18.8. The molecule has 1 saturated heterocycles. The minimum Gasteiger partial charge on any atom is -0.495 e. The first-order valence-corrected chi connectivity index (χ1v) is 13.8. The summed E-state index contributed by atoms with van der Waals surface area (Å²) in [4.78, 5) is 37.8. The quantitative estimate of drug-likeness (QED) is 0.394.